The molecule has 2 amide bonds. The van der Waals surface area contributed by atoms with Gasteiger partial charge in [0.25, 0.3) is 11.8 Å². The van der Waals surface area contributed by atoms with E-state index in [1.165, 1.54) is 18.4 Å². The molecule has 0 saturated heterocycles. The fourth-order valence-electron chi connectivity index (χ4n) is 3.83. The molecule has 176 valence electrons. The minimum Gasteiger partial charge on any atom is -0.348 e. The average Bonchev–Trinajstić information content (AvgIpc) is 3.72. The van der Waals surface area contributed by atoms with E-state index in [0.717, 1.165) is 11.1 Å². The average molecular weight is 477 g/mol. The molecule has 34 heavy (non-hydrogen) atoms. The molecule has 3 aromatic carbocycles. The zero-order chi connectivity index (χ0) is 24.1. The van der Waals surface area contributed by atoms with Crippen molar-refractivity contribution in [2.45, 2.75) is 43.7 Å². The minimum atomic E-state index is -3.25. The van der Waals surface area contributed by atoms with Gasteiger partial charge in [0.1, 0.15) is 0 Å². The highest BCUT2D eigenvalue weighted by Crippen LogP contribution is 2.41. The van der Waals surface area contributed by atoms with E-state index in [0.29, 0.717) is 23.6 Å². The topological polar surface area (TPSA) is 92.3 Å². The lowest BCUT2D eigenvalue weighted by molar-refractivity contribution is 0.0950. The van der Waals surface area contributed by atoms with Crippen LogP contribution in [-0.2, 0) is 22.9 Å². The molecule has 1 fully saturated rings. The predicted octanol–water partition coefficient (Wildman–Crippen LogP) is 4.22. The van der Waals surface area contributed by atoms with Crippen molar-refractivity contribution < 1.29 is 18.0 Å². The normalized spacial score (nSPS) is 13.3. The summed E-state index contributed by atoms with van der Waals surface area (Å²) in [6.45, 7) is 2.30. The second-order valence-corrected chi connectivity index (χ2v) is 10.7. The Labute approximate surface area is 200 Å². The lowest BCUT2D eigenvalue weighted by atomic mass is 10.0. The number of nitrogens with one attached hydrogen (secondary N) is 2. The summed E-state index contributed by atoms with van der Waals surface area (Å²) in [6.07, 6.45) is 2.40. The van der Waals surface area contributed by atoms with E-state index in [4.69, 9.17) is 0 Å². The number of hydrogen-bond donors (Lipinski definition) is 2. The highest BCUT2D eigenvalue weighted by atomic mass is 32.2. The zero-order valence-electron chi connectivity index (χ0n) is 19.1. The third kappa shape index (κ3) is 5.72. The van der Waals surface area contributed by atoms with Crippen molar-refractivity contribution in [3.63, 3.8) is 0 Å². The molecule has 0 unspecified atom stereocenters. The quantitative estimate of drug-likeness (QED) is 0.484. The molecule has 0 bridgehead atoms. The van der Waals surface area contributed by atoms with Gasteiger partial charge in [-0.15, -0.1) is 0 Å². The summed E-state index contributed by atoms with van der Waals surface area (Å²) < 4.78 is 23.8. The first-order valence-corrected chi connectivity index (χ1v) is 13.1. The van der Waals surface area contributed by atoms with Crippen molar-refractivity contribution in [3.8, 4) is 0 Å². The maximum atomic E-state index is 12.7. The van der Waals surface area contributed by atoms with Crippen LogP contribution in [0.2, 0.25) is 0 Å². The van der Waals surface area contributed by atoms with Gasteiger partial charge in [-0.05, 0) is 65.8 Å². The summed E-state index contributed by atoms with van der Waals surface area (Å²) in [5.41, 5.74) is 4.02. The van der Waals surface area contributed by atoms with Gasteiger partial charge in [-0.2, -0.15) is 0 Å². The SMILES string of the molecule is CCS(=O)(=O)c1ccc(CNC(=O)c2cccc(C(=O)NCc3ccccc3C3CC3)c2)cc1. The van der Waals surface area contributed by atoms with Crippen LogP contribution in [0.25, 0.3) is 0 Å². The molecule has 0 aliphatic heterocycles. The van der Waals surface area contributed by atoms with Crippen LogP contribution >= 0.6 is 0 Å². The molecule has 3 aromatic rings. The fraction of sp³-hybridized carbons (Fsp3) is 0.259. The first kappa shape index (κ1) is 23.7. The van der Waals surface area contributed by atoms with E-state index >= 15 is 0 Å². The van der Waals surface area contributed by atoms with Crippen LogP contribution < -0.4 is 10.6 Å². The summed E-state index contributed by atoms with van der Waals surface area (Å²) in [5, 5.41) is 5.78. The minimum absolute atomic E-state index is 0.0417. The number of sulfone groups is 1. The van der Waals surface area contributed by atoms with E-state index in [9.17, 15) is 18.0 Å². The molecule has 7 heteroatoms. The molecule has 0 atom stereocenters. The molecule has 0 radical (unpaired) electrons. The summed E-state index contributed by atoms with van der Waals surface area (Å²) in [5.74, 6) is 0.111. The maximum Gasteiger partial charge on any atom is 0.251 e. The zero-order valence-corrected chi connectivity index (χ0v) is 19.9. The number of carbonyl (C=O) groups excluding carboxylic acids is 2. The van der Waals surface area contributed by atoms with Gasteiger partial charge in [-0.3, -0.25) is 9.59 Å². The molecule has 6 nitrogen and oxygen atoms in total. The number of carbonyl (C=O) groups is 2. The van der Waals surface area contributed by atoms with Crippen LogP contribution in [0.5, 0.6) is 0 Å². The molecule has 0 heterocycles. The molecule has 2 N–H and O–H groups in total. The third-order valence-corrected chi connectivity index (χ3v) is 7.76. The molecule has 0 spiro atoms. The van der Waals surface area contributed by atoms with E-state index in [2.05, 4.69) is 16.7 Å². The Kier molecular flexibility index (Phi) is 7.12. The van der Waals surface area contributed by atoms with Gasteiger partial charge in [0.15, 0.2) is 9.84 Å². The molecule has 1 saturated carbocycles. The van der Waals surface area contributed by atoms with Crippen LogP contribution in [0.15, 0.2) is 77.7 Å². The summed E-state index contributed by atoms with van der Waals surface area (Å²) >= 11 is 0. The third-order valence-electron chi connectivity index (χ3n) is 6.01. The Balaban J connectivity index is 1.35. The monoisotopic (exact) mass is 476 g/mol. The van der Waals surface area contributed by atoms with Gasteiger partial charge in [0.2, 0.25) is 0 Å². The molecular weight excluding hydrogens is 448 g/mol. The second-order valence-electron chi connectivity index (χ2n) is 8.47. The van der Waals surface area contributed by atoms with Crippen LogP contribution in [0.1, 0.15) is 63.1 Å². The van der Waals surface area contributed by atoms with Gasteiger partial charge >= 0.3 is 0 Å². The number of amides is 2. The van der Waals surface area contributed by atoms with Crippen molar-refractivity contribution in [2.24, 2.45) is 0 Å². The molecule has 0 aromatic heterocycles. The van der Waals surface area contributed by atoms with Gasteiger partial charge in [0.05, 0.1) is 10.6 Å². The van der Waals surface area contributed by atoms with E-state index < -0.39 is 9.84 Å². The lowest BCUT2D eigenvalue weighted by Gasteiger charge is -2.11. The standard InChI is InChI=1S/C27H28N2O4S/c1-2-34(32,33)24-14-10-19(11-15-24)17-28-26(30)21-7-5-8-22(16-21)27(31)29-18-23-6-3-4-9-25(23)20-12-13-20/h3-11,14-16,20H,2,12-13,17-18H2,1H3,(H,28,30)(H,29,31). The Morgan fingerprint density at radius 2 is 1.44 bits per heavy atom. The molecule has 4 rings (SSSR count). The molecule has 1 aliphatic rings. The van der Waals surface area contributed by atoms with Gasteiger partial charge in [-0.1, -0.05) is 49.4 Å². The van der Waals surface area contributed by atoms with Crippen LogP contribution in [0.4, 0.5) is 0 Å². The van der Waals surface area contributed by atoms with Crippen molar-refractivity contribution in [3.05, 3.63) is 101 Å². The summed E-state index contributed by atoms with van der Waals surface area (Å²) in [4.78, 5) is 25.6. The Morgan fingerprint density at radius 3 is 2.06 bits per heavy atom. The van der Waals surface area contributed by atoms with E-state index in [1.807, 2.05) is 18.2 Å². The summed E-state index contributed by atoms with van der Waals surface area (Å²) in [6, 6.07) is 21.3. The largest absolute Gasteiger partial charge is 0.348 e. The van der Waals surface area contributed by atoms with Crippen molar-refractivity contribution in [1.82, 2.24) is 10.6 Å². The Hall–Kier alpha value is -3.45. The van der Waals surface area contributed by atoms with E-state index in [1.54, 1.807) is 55.5 Å². The first-order valence-electron chi connectivity index (χ1n) is 11.4. The van der Waals surface area contributed by atoms with Crippen molar-refractivity contribution in [1.29, 1.82) is 0 Å². The fourth-order valence-corrected chi connectivity index (χ4v) is 4.72. The number of rotatable bonds is 9. The second kappa shape index (κ2) is 10.2. The van der Waals surface area contributed by atoms with E-state index in [-0.39, 0.29) is 29.0 Å². The first-order chi connectivity index (χ1) is 16.4. The van der Waals surface area contributed by atoms with Crippen LogP contribution in [0, 0.1) is 0 Å². The molecule has 1 aliphatic carbocycles. The molecular formula is C27H28N2O4S. The van der Waals surface area contributed by atoms with Crippen LogP contribution in [-0.4, -0.2) is 26.0 Å². The number of hydrogen-bond acceptors (Lipinski definition) is 4. The number of benzene rings is 3. The summed E-state index contributed by atoms with van der Waals surface area (Å²) in [7, 11) is -3.25. The van der Waals surface area contributed by atoms with Gasteiger partial charge < -0.3 is 10.6 Å². The van der Waals surface area contributed by atoms with Crippen LogP contribution in [0.3, 0.4) is 0 Å². The Morgan fingerprint density at radius 1 is 0.824 bits per heavy atom. The predicted molar refractivity (Wildman–Crippen MR) is 131 cm³/mol. The highest BCUT2D eigenvalue weighted by molar-refractivity contribution is 7.91. The van der Waals surface area contributed by atoms with Gasteiger partial charge in [-0.25, -0.2) is 8.42 Å². The Bertz CT molecular complexity index is 1300. The van der Waals surface area contributed by atoms with Crippen molar-refractivity contribution in [2.75, 3.05) is 5.75 Å². The highest BCUT2D eigenvalue weighted by Gasteiger charge is 2.25. The smallest absolute Gasteiger partial charge is 0.251 e. The van der Waals surface area contributed by atoms with Crippen molar-refractivity contribution >= 4 is 21.7 Å². The lowest BCUT2D eigenvalue weighted by Crippen LogP contribution is -2.25. The maximum absolute atomic E-state index is 12.7. The van der Waals surface area contributed by atoms with Gasteiger partial charge in [0, 0.05) is 24.2 Å².